The second-order valence-electron chi connectivity index (χ2n) is 5.92. The van der Waals surface area contributed by atoms with E-state index in [0.29, 0.717) is 0 Å². The number of hydrogen-bond donors (Lipinski definition) is 1. The second-order valence-corrected chi connectivity index (χ2v) is 5.92. The fourth-order valence-corrected chi connectivity index (χ4v) is 2.23. The zero-order chi connectivity index (χ0) is 21.6. The topological polar surface area (TPSA) is 117 Å². The van der Waals surface area contributed by atoms with Crippen molar-refractivity contribution in [1.29, 1.82) is 0 Å². The largest absolute Gasteiger partial charge is 0.495 e. The Hall–Kier alpha value is -3.69. The summed E-state index contributed by atoms with van der Waals surface area (Å²) in [5, 5.41) is 13.3. The average Bonchev–Trinajstić information content (AvgIpc) is 2.69. The highest BCUT2D eigenvalue weighted by molar-refractivity contribution is 5.96. The molecule has 154 valence electrons. The third-order valence-corrected chi connectivity index (χ3v) is 3.77. The van der Waals surface area contributed by atoms with Crippen molar-refractivity contribution in [2.24, 2.45) is 0 Å². The van der Waals surface area contributed by atoms with Gasteiger partial charge >= 0.3 is 5.97 Å². The summed E-state index contributed by atoms with van der Waals surface area (Å²) < 4.78 is 28.4. The maximum atomic E-state index is 12.9. The third-order valence-electron chi connectivity index (χ3n) is 3.77. The Labute approximate surface area is 165 Å². The molecule has 1 amide bonds. The number of anilines is 1. The van der Waals surface area contributed by atoms with Crippen molar-refractivity contribution >= 4 is 23.3 Å². The van der Waals surface area contributed by atoms with E-state index in [0.717, 1.165) is 6.07 Å². The molecule has 0 fully saturated rings. The molecular formula is C19H19FN2O7. The van der Waals surface area contributed by atoms with Gasteiger partial charge in [0.2, 0.25) is 0 Å². The fraction of sp³-hybridized carbons (Fsp3) is 0.263. The monoisotopic (exact) mass is 406 g/mol. The number of benzene rings is 2. The van der Waals surface area contributed by atoms with Crippen LogP contribution in [0.4, 0.5) is 15.8 Å². The molecule has 0 saturated heterocycles. The van der Waals surface area contributed by atoms with Crippen molar-refractivity contribution in [2.45, 2.75) is 26.1 Å². The molecule has 0 heterocycles. The second kappa shape index (κ2) is 9.49. The highest BCUT2D eigenvalue weighted by Crippen LogP contribution is 2.29. The van der Waals surface area contributed by atoms with Gasteiger partial charge in [0, 0.05) is 12.1 Å². The number of ether oxygens (including phenoxy) is 3. The number of carbonyl (C=O) groups is 2. The van der Waals surface area contributed by atoms with Gasteiger partial charge in [0.05, 0.1) is 17.7 Å². The summed E-state index contributed by atoms with van der Waals surface area (Å²) in [4.78, 5) is 34.7. The van der Waals surface area contributed by atoms with Crippen LogP contribution in [0.1, 0.15) is 13.8 Å². The van der Waals surface area contributed by atoms with Crippen LogP contribution in [-0.4, -0.2) is 36.1 Å². The number of amides is 1. The van der Waals surface area contributed by atoms with Gasteiger partial charge in [-0.1, -0.05) is 0 Å². The molecule has 29 heavy (non-hydrogen) atoms. The van der Waals surface area contributed by atoms with Gasteiger partial charge in [0.1, 0.15) is 17.3 Å². The highest BCUT2D eigenvalue weighted by atomic mass is 19.1. The number of halogens is 1. The first-order valence-corrected chi connectivity index (χ1v) is 8.47. The Balaban J connectivity index is 1.99. The standard InChI is InChI=1S/C19H19FN2O7/c1-11(29-19(24)12(2)28-15-7-4-13(20)5-8-15)18(23)21-16-10-14(22(25)26)6-9-17(16)27-3/h4-12H,1-3H3,(H,21,23)/t11-,12-/m0/s1. The number of non-ortho nitro benzene ring substituents is 1. The van der Waals surface area contributed by atoms with E-state index >= 15 is 0 Å². The summed E-state index contributed by atoms with van der Waals surface area (Å²) in [6, 6.07) is 8.75. The molecule has 2 rings (SSSR count). The fourth-order valence-electron chi connectivity index (χ4n) is 2.23. The number of nitro benzene ring substituents is 1. The van der Waals surface area contributed by atoms with E-state index in [1.807, 2.05) is 0 Å². The number of methoxy groups -OCH3 is 1. The van der Waals surface area contributed by atoms with E-state index < -0.39 is 34.8 Å². The molecule has 0 aliphatic rings. The lowest BCUT2D eigenvalue weighted by Gasteiger charge is -2.18. The molecule has 0 saturated carbocycles. The van der Waals surface area contributed by atoms with Crippen LogP contribution in [0, 0.1) is 15.9 Å². The number of rotatable bonds is 8. The summed E-state index contributed by atoms with van der Waals surface area (Å²) in [6.07, 6.45) is -2.27. The molecule has 1 N–H and O–H groups in total. The Morgan fingerprint density at radius 3 is 2.34 bits per heavy atom. The molecule has 0 aliphatic heterocycles. The molecule has 2 atom stereocenters. The van der Waals surface area contributed by atoms with Gasteiger partial charge in [-0.05, 0) is 44.2 Å². The first-order chi connectivity index (χ1) is 13.7. The van der Waals surface area contributed by atoms with Crippen molar-refractivity contribution in [2.75, 3.05) is 12.4 Å². The van der Waals surface area contributed by atoms with Crippen LogP contribution in [0.15, 0.2) is 42.5 Å². The lowest BCUT2D eigenvalue weighted by Crippen LogP contribution is -2.35. The Morgan fingerprint density at radius 2 is 1.76 bits per heavy atom. The average molecular weight is 406 g/mol. The summed E-state index contributed by atoms with van der Waals surface area (Å²) in [6.45, 7) is 2.75. The first-order valence-electron chi connectivity index (χ1n) is 8.47. The molecule has 0 unspecified atom stereocenters. The number of nitrogens with one attached hydrogen (secondary N) is 1. The van der Waals surface area contributed by atoms with Gasteiger partial charge in [-0.15, -0.1) is 0 Å². The van der Waals surface area contributed by atoms with Crippen LogP contribution in [-0.2, 0) is 14.3 Å². The Kier molecular flexibility index (Phi) is 7.07. The quantitative estimate of drug-likeness (QED) is 0.407. The summed E-state index contributed by atoms with van der Waals surface area (Å²) in [5.41, 5.74) is -0.183. The molecule has 0 aliphatic carbocycles. The molecule has 0 aromatic heterocycles. The predicted molar refractivity (Wildman–Crippen MR) is 100 cm³/mol. The van der Waals surface area contributed by atoms with Gasteiger partial charge in [-0.2, -0.15) is 0 Å². The normalized spacial score (nSPS) is 12.4. The van der Waals surface area contributed by atoms with Gasteiger partial charge in [-0.3, -0.25) is 14.9 Å². The van der Waals surface area contributed by atoms with E-state index in [4.69, 9.17) is 14.2 Å². The molecule has 2 aromatic rings. The van der Waals surface area contributed by atoms with Crippen LogP contribution in [0.3, 0.4) is 0 Å². The molecule has 2 aromatic carbocycles. The minimum Gasteiger partial charge on any atom is -0.495 e. The van der Waals surface area contributed by atoms with Crippen molar-refractivity contribution in [1.82, 2.24) is 0 Å². The minimum atomic E-state index is -1.22. The van der Waals surface area contributed by atoms with Gasteiger partial charge < -0.3 is 19.5 Å². The maximum Gasteiger partial charge on any atom is 0.347 e. The van der Waals surface area contributed by atoms with Crippen molar-refractivity contribution < 1.29 is 33.1 Å². The first kappa shape index (κ1) is 21.6. The molecule has 9 nitrogen and oxygen atoms in total. The number of carbonyl (C=O) groups excluding carboxylic acids is 2. The Bertz CT molecular complexity index is 902. The SMILES string of the molecule is COc1ccc([N+](=O)[O-])cc1NC(=O)[C@H](C)OC(=O)[C@H](C)Oc1ccc(F)cc1. The number of nitrogens with zero attached hydrogens (tertiary/aromatic N) is 1. The summed E-state index contributed by atoms with van der Waals surface area (Å²) >= 11 is 0. The van der Waals surface area contributed by atoms with Gasteiger partial charge in [0.25, 0.3) is 11.6 Å². The van der Waals surface area contributed by atoms with Crippen molar-refractivity contribution in [3.63, 3.8) is 0 Å². The van der Waals surface area contributed by atoms with Crippen LogP contribution in [0.5, 0.6) is 11.5 Å². The van der Waals surface area contributed by atoms with Crippen molar-refractivity contribution in [3.8, 4) is 11.5 Å². The lowest BCUT2D eigenvalue weighted by molar-refractivity contribution is -0.384. The van der Waals surface area contributed by atoms with E-state index in [1.54, 1.807) is 0 Å². The Morgan fingerprint density at radius 1 is 1.10 bits per heavy atom. The summed E-state index contributed by atoms with van der Waals surface area (Å²) in [7, 11) is 1.34. The van der Waals surface area contributed by atoms with Gasteiger partial charge in [0.15, 0.2) is 12.2 Å². The molecule has 0 spiro atoms. The van der Waals surface area contributed by atoms with E-state index in [9.17, 15) is 24.1 Å². The zero-order valence-corrected chi connectivity index (χ0v) is 15.9. The summed E-state index contributed by atoms with van der Waals surface area (Å²) in [5.74, 6) is -1.52. The predicted octanol–water partition coefficient (Wildman–Crippen LogP) is 3.08. The molecule has 0 bridgehead atoms. The maximum absolute atomic E-state index is 12.9. The van der Waals surface area contributed by atoms with E-state index in [1.165, 1.54) is 57.4 Å². The molecule has 0 radical (unpaired) electrons. The number of esters is 1. The van der Waals surface area contributed by atoms with E-state index in [-0.39, 0.29) is 22.9 Å². The van der Waals surface area contributed by atoms with Crippen LogP contribution < -0.4 is 14.8 Å². The van der Waals surface area contributed by atoms with Crippen LogP contribution in [0.2, 0.25) is 0 Å². The van der Waals surface area contributed by atoms with E-state index in [2.05, 4.69) is 5.32 Å². The molecular weight excluding hydrogens is 387 g/mol. The smallest absolute Gasteiger partial charge is 0.347 e. The van der Waals surface area contributed by atoms with Crippen molar-refractivity contribution in [3.05, 3.63) is 58.4 Å². The zero-order valence-electron chi connectivity index (χ0n) is 15.9. The van der Waals surface area contributed by atoms with Gasteiger partial charge in [-0.25, -0.2) is 9.18 Å². The highest BCUT2D eigenvalue weighted by Gasteiger charge is 2.24. The van der Waals surface area contributed by atoms with Crippen LogP contribution >= 0.6 is 0 Å². The lowest BCUT2D eigenvalue weighted by atomic mass is 10.2. The minimum absolute atomic E-state index is 0.0604. The number of nitro groups is 1. The number of hydrogen-bond acceptors (Lipinski definition) is 7. The third kappa shape index (κ3) is 5.89. The van der Waals surface area contributed by atoms with Crippen LogP contribution in [0.25, 0.3) is 0 Å². The molecule has 10 heteroatoms.